The second-order valence-corrected chi connectivity index (χ2v) is 4.93. The Balaban J connectivity index is 1.83. The molecular formula is C11H18N2O4. The molecule has 6 heteroatoms. The number of hydrogen-bond acceptors (Lipinski definition) is 4. The highest BCUT2D eigenvalue weighted by Crippen LogP contribution is 2.33. The summed E-state index contributed by atoms with van der Waals surface area (Å²) >= 11 is 0. The van der Waals surface area contributed by atoms with Crippen LogP contribution >= 0.6 is 0 Å². The summed E-state index contributed by atoms with van der Waals surface area (Å²) in [4.78, 5) is 22.8. The van der Waals surface area contributed by atoms with Crippen molar-refractivity contribution < 1.29 is 19.8 Å². The molecule has 0 radical (unpaired) electrons. The van der Waals surface area contributed by atoms with E-state index in [4.69, 9.17) is 5.11 Å². The summed E-state index contributed by atoms with van der Waals surface area (Å²) < 4.78 is 0. The topological polar surface area (TPSA) is 98.7 Å². The van der Waals surface area contributed by atoms with Gasteiger partial charge in [-0.25, -0.2) is 4.79 Å². The highest BCUT2D eigenvalue weighted by Gasteiger charge is 2.33. The molecule has 1 saturated heterocycles. The first kappa shape index (κ1) is 12.3. The lowest BCUT2D eigenvalue weighted by Crippen LogP contribution is -2.48. The first-order valence-electron chi connectivity index (χ1n) is 6.01. The predicted octanol–water partition coefficient (Wildman–Crippen LogP) is -0.921. The van der Waals surface area contributed by atoms with Crippen molar-refractivity contribution in [2.24, 2.45) is 5.92 Å². The number of aliphatic hydroxyl groups excluding tert-OH is 1. The van der Waals surface area contributed by atoms with Gasteiger partial charge in [-0.2, -0.15) is 0 Å². The Labute approximate surface area is 99.4 Å². The molecule has 0 aromatic rings. The smallest absolute Gasteiger partial charge is 0.326 e. The number of β-amino-alcohol motifs (C(OH)–C–C–N with tert-alkyl or cyclic N) is 1. The van der Waals surface area contributed by atoms with Crippen molar-refractivity contribution >= 4 is 11.9 Å². The Bertz CT molecular complexity index is 317. The Kier molecular flexibility index (Phi) is 3.63. The lowest BCUT2D eigenvalue weighted by atomic mass is 10.1. The SMILES string of the molecule is O=C(O)C(CC1CC1)NC(=O)C1CC(O)CN1. The van der Waals surface area contributed by atoms with Crippen molar-refractivity contribution in [1.82, 2.24) is 10.6 Å². The van der Waals surface area contributed by atoms with E-state index in [0.29, 0.717) is 25.3 Å². The largest absolute Gasteiger partial charge is 0.480 e. The van der Waals surface area contributed by atoms with Gasteiger partial charge in [-0.3, -0.25) is 4.79 Å². The molecule has 1 aliphatic heterocycles. The van der Waals surface area contributed by atoms with Crippen molar-refractivity contribution in [2.75, 3.05) is 6.54 Å². The van der Waals surface area contributed by atoms with Gasteiger partial charge >= 0.3 is 5.97 Å². The number of carboxylic acid groups (broad SMARTS) is 1. The van der Waals surface area contributed by atoms with Crippen molar-refractivity contribution in [3.05, 3.63) is 0 Å². The molecule has 2 rings (SSSR count). The van der Waals surface area contributed by atoms with Crippen molar-refractivity contribution in [3.8, 4) is 0 Å². The van der Waals surface area contributed by atoms with Gasteiger partial charge in [0.05, 0.1) is 12.1 Å². The van der Waals surface area contributed by atoms with Gasteiger partial charge < -0.3 is 20.8 Å². The molecule has 1 heterocycles. The van der Waals surface area contributed by atoms with Crippen LogP contribution in [0, 0.1) is 5.92 Å². The fourth-order valence-electron chi connectivity index (χ4n) is 2.10. The summed E-state index contributed by atoms with van der Waals surface area (Å²) in [6, 6.07) is -1.26. The molecule has 3 atom stereocenters. The van der Waals surface area contributed by atoms with Crippen LogP contribution < -0.4 is 10.6 Å². The van der Waals surface area contributed by atoms with Crippen LogP contribution in [0.15, 0.2) is 0 Å². The van der Waals surface area contributed by atoms with Gasteiger partial charge in [0.25, 0.3) is 0 Å². The van der Waals surface area contributed by atoms with Gasteiger partial charge in [0, 0.05) is 6.54 Å². The van der Waals surface area contributed by atoms with Crippen LogP contribution in [-0.4, -0.2) is 46.8 Å². The standard InChI is InChI=1S/C11H18N2O4/c14-7-4-8(12-5-7)10(15)13-9(11(16)17)3-6-1-2-6/h6-9,12,14H,1-5H2,(H,13,15)(H,16,17). The summed E-state index contributed by atoms with van der Waals surface area (Å²) in [6.45, 7) is 0.387. The zero-order valence-electron chi connectivity index (χ0n) is 9.56. The van der Waals surface area contributed by atoms with Crippen LogP contribution in [0.5, 0.6) is 0 Å². The predicted molar refractivity (Wildman–Crippen MR) is 59.3 cm³/mol. The number of carbonyl (C=O) groups is 2. The number of aliphatic carboxylic acids is 1. The molecular weight excluding hydrogens is 224 g/mol. The van der Waals surface area contributed by atoms with E-state index in [1.165, 1.54) is 0 Å². The van der Waals surface area contributed by atoms with Crippen LogP contribution in [0.25, 0.3) is 0 Å². The van der Waals surface area contributed by atoms with Crippen LogP contribution in [0.1, 0.15) is 25.7 Å². The molecule has 0 aromatic carbocycles. The van der Waals surface area contributed by atoms with Crippen LogP contribution in [0.4, 0.5) is 0 Å². The second kappa shape index (κ2) is 5.01. The summed E-state index contributed by atoms with van der Waals surface area (Å²) in [7, 11) is 0. The average Bonchev–Trinajstić information content (AvgIpc) is 2.97. The van der Waals surface area contributed by atoms with Gasteiger partial charge in [0.15, 0.2) is 0 Å². The van der Waals surface area contributed by atoms with E-state index in [0.717, 1.165) is 12.8 Å². The number of rotatable bonds is 5. The van der Waals surface area contributed by atoms with Crippen LogP contribution in [0.2, 0.25) is 0 Å². The molecule has 1 aliphatic carbocycles. The average molecular weight is 242 g/mol. The Morgan fingerprint density at radius 3 is 2.59 bits per heavy atom. The number of carbonyl (C=O) groups excluding carboxylic acids is 1. The minimum atomic E-state index is -0.983. The number of carboxylic acids is 1. The maximum atomic E-state index is 11.8. The third-order valence-corrected chi connectivity index (χ3v) is 3.30. The maximum Gasteiger partial charge on any atom is 0.326 e. The molecule has 3 unspecified atom stereocenters. The molecule has 0 spiro atoms. The molecule has 0 aromatic heterocycles. The normalized spacial score (nSPS) is 29.9. The number of nitrogens with one attached hydrogen (secondary N) is 2. The number of hydrogen-bond donors (Lipinski definition) is 4. The number of amides is 1. The molecule has 1 amide bonds. The van der Waals surface area contributed by atoms with Crippen LogP contribution in [-0.2, 0) is 9.59 Å². The van der Waals surface area contributed by atoms with E-state index in [-0.39, 0.29) is 5.91 Å². The van der Waals surface area contributed by atoms with Gasteiger partial charge in [0.2, 0.25) is 5.91 Å². The van der Waals surface area contributed by atoms with Crippen molar-refractivity contribution in [3.63, 3.8) is 0 Å². The van der Waals surface area contributed by atoms with Gasteiger partial charge in [-0.05, 0) is 18.8 Å². The van der Waals surface area contributed by atoms with Crippen LogP contribution in [0.3, 0.4) is 0 Å². The summed E-state index contributed by atoms with van der Waals surface area (Å²) in [5.41, 5.74) is 0. The zero-order chi connectivity index (χ0) is 12.4. The Hall–Kier alpha value is -1.14. The molecule has 2 fully saturated rings. The zero-order valence-corrected chi connectivity index (χ0v) is 9.56. The third kappa shape index (κ3) is 3.41. The molecule has 6 nitrogen and oxygen atoms in total. The van der Waals surface area contributed by atoms with Crippen molar-refractivity contribution in [2.45, 2.75) is 43.9 Å². The Morgan fingerprint density at radius 2 is 2.12 bits per heavy atom. The van der Waals surface area contributed by atoms with Gasteiger partial charge in [0.1, 0.15) is 6.04 Å². The van der Waals surface area contributed by atoms with E-state index >= 15 is 0 Å². The molecule has 4 N–H and O–H groups in total. The Morgan fingerprint density at radius 1 is 1.41 bits per heavy atom. The van der Waals surface area contributed by atoms with Crippen molar-refractivity contribution in [1.29, 1.82) is 0 Å². The lowest BCUT2D eigenvalue weighted by Gasteiger charge is -2.17. The first-order valence-corrected chi connectivity index (χ1v) is 6.01. The molecule has 17 heavy (non-hydrogen) atoms. The summed E-state index contributed by atoms with van der Waals surface area (Å²) in [6.07, 6.45) is 2.45. The quantitative estimate of drug-likeness (QED) is 0.500. The fraction of sp³-hybridized carbons (Fsp3) is 0.818. The van der Waals surface area contributed by atoms with E-state index in [1.54, 1.807) is 0 Å². The highest BCUT2D eigenvalue weighted by atomic mass is 16.4. The number of aliphatic hydroxyl groups is 1. The van der Waals surface area contributed by atoms with E-state index in [2.05, 4.69) is 10.6 Å². The third-order valence-electron chi connectivity index (χ3n) is 3.30. The molecule has 2 aliphatic rings. The first-order chi connectivity index (χ1) is 8.06. The molecule has 1 saturated carbocycles. The lowest BCUT2D eigenvalue weighted by molar-refractivity contribution is -0.142. The maximum absolute atomic E-state index is 11.8. The van der Waals surface area contributed by atoms with Gasteiger partial charge in [-0.15, -0.1) is 0 Å². The van der Waals surface area contributed by atoms with E-state index in [9.17, 15) is 14.7 Å². The summed E-state index contributed by atoms with van der Waals surface area (Å²) in [5.74, 6) is -0.864. The molecule has 96 valence electrons. The van der Waals surface area contributed by atoms with Gasteiger partial charge in [-0.1, -0.05) is 12.8 Å². The summed E-state index contributed by atoms with van der Waals surface area (Å²) in [5, 5.41) is 23.7. The fourth-order valence-corrected chi connectivity index (χ4v) is 2.10. The van der Waals surface area contributed by atoms with E-state index in [1.807, 2.05) is 0 Å². The minimum Gasteiger partial charge on any atom is -0.480 e. The monoisotopic (exact) mass is 242 g/mol. The second-order valence-electron chi connectivity index (χ2n) is 4.93. The minimum absolute atomic E-state index is 0.324. The highest BCUT2D eigenvalue weighted by molar-refractivity contribution is 5.87. The molecule has 0 bridgehead atoms. The van der Waals surface area contributed by atoms with E-state index < -0.39 is 24.2 Å².